The maximum atomic E-state index is 11.9. The monoisotopic (exact) mass is 433 g/mol. The van der Waals surface area contributed by atoms with E-state index in [0.29, 0.717) is 33.2 Å². The maximum absolute atomic E-state index is 11.9. The highest BCUT2D eigenvalue weighted by molar-refractivity contribution is 8.26. The van der Waals surface area contributed by atoms with Crippen LogP contribution in [0.5, 0.6) is 11.5 Å². The molecule has 146 valence electrons. The van der Waals surface area contributed by atoms with Gasteiger partial charge in [-0.25, -0.2) is 0 Å². The van der Waals surface area contributed by atoms with E-state index in [2.05, 4.69) is 24.4 Å². The smallest absolute Gasteiger partial charge is 0.263 e. The molecule has 0 aliphatic carbocycles. The van der Waals surface area contributed by atoms with Gasteiger partial charge in [0.2, 0.25) is 0 Å². The number of thiocarbonyl (C=S) groups is 1. The van der Waals surface area contributed by atoms with Gasteiger partial charge in [-0.15, -0.1) is 0 Å². The lowest BCUT2D eigenvalue weighted by Gasteiger charge is -2.11. The van der Waals surface area contributed by atoms with Crippen LogP contribution in [0.2, 0.25) is 5.02 Å². The second kappa shape index (κ2) is 9.96. The molecule has 0 spiro atoms. The summed E-state index contributed by atoms with van der Waals surface area (Å²) >= 11 is 12.4. The summed E-state index contributed by atoms with van der Waals surface area (Å²) in [6.07, 6.45) is 3.49. The van der Waals surface area contributed by atoms with Crippen LogP contribution in [0, 0.1) is 0 Å². The predicted octanol–water partition coefficient (Wildman–Crippen LogP) is 5.24. The van der Waals surface area contributed by atoms with E-state index in [-0.39, 0.29) is 5.91 Å². The van der Waals surface area contributed by atoms with Crippen molar-refractivity contribution in [3.8, 4) is 11.5 Å². The van der Waals surface area contributed by atoms with Crippen LogP contribution >= 0.6 is 35.6 Å². The SMILES string of the molecule is CCc1ccc(OCCCOc2ccc(Cl)cc2/C=C2\SC(=S)NC2=O)cc1. The van der Waals surface area contributed by atoms with Gasteiger partial charge in [0.15, 0.2) is 0 Å². The molecule has 1 N–H and O–H groups in total. The topological polar surface area (TPSA) is 47.6 Å². The molecule has 1 heterocycles. The molecule has 0 atom stereocenters. The average Bonchev–Trinajstić information content (AvgIpc) is 3.00. The normalized spacial score (nSPS) is 15.0. The average molecular weight is 434 g/mol. The minimum Gasteiger partial charge on any atom is -0.493 e. The summed E-state index contributed by atoms with van der Waals surface area (Å²) < 4.78 is 12.1. The number of thioether (sulfide) groups is 1. The van der Waals surface area contributed by atoms with E-state index < -0.39 is 0 Å². The van der Waals surface area contributed by atoms with Crippen molar-refractivity contribution in [3.63, 3.8) is 0 Å². The fraction of sp³-hybridized carbons (Fsp3) is 0.238. The van der Waals surface area contributed by atoms with Gasteiger partial charge in [-0.05, 0) is 48.4 Å². The van der Waals surface area contributed by atoms with Gasteiger partial charge < -0.3 is 14.8 Å². The Morgan fingerprint density at radius 3 is 2.57 bits per heavy atom. The standard InChI is InChI=1S/C21H20ClNO3S2/c1-2-14-4-7-17(8-5-14)25-10-3-11-26-18-9-6-16(22)12-15(18)13-19-20(24)23-21(27)28-19/h4-9,12-13H,2-3,10-11H2,1H3,(H,23,24,27)/b19-13-. The van der Waals surface area contributed by atoms with Gasteiger partial charge in [0, 0.05) is 17.0 Å². The Hall–Kier alpha value is -2.02. The number of hydrogen-bond donors (Lipinski definition) is 1. The van der Waals surface area contributed by atoms with Gasteiger partial charge >= 0.3 is 0 Å². The molecule has 0 aromatic heterocycles. The van der Waals surface area contributed by atoms with Gasteiger partial charge in [-0.3, -0.25) is 4.79 Å². The van der Waals surface area contributed by atoms with Gasteiger partial charge in [0.25, 0.3) is 5.91 Å². The van der Waals surface area contributed by atoms with Crippen LogP contribution in [0.25, 0.3) is 6.08 Å². The van der Waals surface area contributed by atoms with Gasteiger partial charge in [-0.1, -0.05) is 54.6 Å². The van der Waals surface area contributed by atoms with Crippen LogP contribution in [-0.2, 0) is 11.2 Å². The van der Waals surface area contributed by atoms with E-state index in [4.69, 9.17) is 33.3 Å². The molecule has 0 saturated carbocycles. The fourth-order valence-corrected chi connectivity index (χ4v) is 3.79. The Morgan fingerprint density at radius 1 is 1.14 bits per heavy atom. The summed E-state index contributed by atoms with van der Waals surface area (Å²) in [5, 5.41) is 3.17. The van der Waals surface area contributed by atoms with Crippen LogP contribution in [0.3, 0.4) is 0 Å². The van der Waals surface area contributed by atoms with Crippen LogP contribution < -0.4 is 14.8 Å². The van der Waals surface area contributed by atoms with Crippen molar-refractivity contribution < 1.29 is 14.3 Å². The second-order valence-electron chi connectivity index (χ2n) is 6.08. The molecule has 1 aliphatic heterocycles. The third-order valence-corrected chi connectivity index (χ3v) is 5.44. The summed E-state index contributed by atoms with van der Waals surface area (Å²) in [7, 11) is 0. The highest BCUT2D eigenvalue weighted by Gasteiger charge is 2.22. The van der Waals surface area contributed by atoms with Gasteiger partial charge in [0.1, 0.15) is 15.8 Å². The molecule has 28 heavy (non-hydrogen) atoms. The summed E-state index contributed by atoms with van der Waals surface area (Å²) in [6.45, 7) is 3.17. The zero-order valence-electron chi connectivity index (χ0n) is 15.4. The Morgan fingerprint density at radius 2 is 1.89 bits per heavy atom. The molecule has 3 rings (SSSR count). The zero-order chi connectivity index (χ0) is 19.9. The number of ether oxygens (including phenoxy) is 2. The molecule has 0 bridgehead atoms. The number of benzene rings is 2. The molecule has 2 aromatic carbocycles. The van der Waals surface area contributed by atoms with E-state index in [0.717, 1.165) is 24.2 Å². The number of aryl methyl sites for hydroxylation is 1. The number of nitrogens with one attached hydrogen (secondary N) is 1. The summed E-state index contributed by atoms with van der Waals surface area (Å²) in [5.74, 6) is 1.31. The number of amides is 1. The molecule has 2 aromatic rings. The fourth-order valence-electron chi connectivity index (χ4n) is 2.58. The van der Waals surface area contributed by atoms with Crippen molar-refractivity contribution in [3.05, 3.63) is 63.5 Å². The number of carbonyl (C=O) groups is 1. The Labute approximate surface area is 179 Å². The lowest BCUT2D eigenvalue weighted by molar-refractivity contribution is -0.115. The first kappa shape index (κ1) is 20.7. The molecule has 0 unspecified atom stereocenters. The summed E-state index contributed by atoms with van der Waals surface area (Å²) in [4.78, 5) is 12.4. The first-order valence-electron chi connectivity index (χ1n) is 8.94. The Balaban J connectivity index is 1.55. The van der Waals surface area contributed by atoms with Crippen LogP contribution in [0.15, 0.2) is 47.4 Å². The number of hydrogen-bond acceptors (Lipinski definition) is 5. The Kier molecular flexibility index (Phi) is 7.36. The van der Waals surface area contributed by atoms with E-state index in [1.165, 1.54) is 17.3 Å². The quantitative estimate of drug-likeness (QED) is 0.350. The maximum Gasteiger partial charge on any atom is 0.263 e. The molecule has 7 heteroatoms. The van der Waals surface area contributed by atoms with Crippen molar-refractivity contribution in [2.24, 2.45) is 0 Å². The van der Waals surface area contributed by atoms with E-state index in [1.807, 2.05) is 12.1 Å². The minimum absolute atomic E-state index is 0.205. The molecular weight excluding hydrogens is 414 g/mol. The first-order chi connectivity index (χ1) is 13.5. The lowest BCUT2D eigenvalue weighted by Crippen LogP contribution is -2.17. The van der Waals surface area contributed by atoms with Crippen LogP contribution in [0.1, 0.15) is 24.5 Å². The number of halogens is 1. The second-order valence-corrected chi connectivity index (χ2v) is 8.24. The molecule has 4 nitrogen and oxygen atoms in total. The summed E-state index contributed by atoms with van der Waals surface area (Å²) in [5.41, 5.74) is 2.03. The zero-order valence-corrected chi connectivity index (χ0v) is 17.8. The largest absolute Gasteiger partial charge is 0.493 e. The van der Waals surface area contributed by atoms with Gasteiger partial charge in [0.05, 0.1) is 18.1 Å². The minimum atomic E-state index is -0.205. The van der Waals surface area contributed by atoms with Crippen LogP contribution in [-0.4, -0.2) is 23.4 Å². The van der Waals surface area contributed by atoms with Gasteiger partial charge in [-0.2, -0.15) is 0 Å². The Bertz CT molecular complexity index is 897. The highest BCUT2D eigenvalue weighted by atomic mass is 35.5. The summed E-state index contributed by atoms with van der Waals surface area (Å²) in [6, 6.07) is 13.4. The van der Waals surface area contributed by atoms with Crippen molar-refractivity contribution in [2.45, 2.75) is 19.8 Å². The van der Waals surface area contributed by atoms with E-state index in [1.54, 1.807) is 24.3 Å². The number of carbonyl (C=O) groups excluding carboxylic acids is 1. The van der Waals surface area contributed by atoms with Crippen molar-refractivity contribution in [1.29, 1.82) is 0 Å². The molecule has 1 fully saturated rings. The molecule has 1 amide bonds. The molecule has 1 aliphatic rings. The lowest BCUT2D eigenvalue weighted by atomic mass is 10.2. The van der Waals surface area contributed by atoms with Crippen LogP contribution in [0.4, 0.5) is 0 Å². The first-order valence-corrected chi connectivity index (χ1v) is 10.5. The van der Waals surface area contributed by atoms with E-state index in [9.17, 15) is 4.79 Å². The van der Waals surface area contributed by atoms with Crippen molar-refractivity contribution in [1.82, 2.24) is 5.32 Å². The third kappa shape index (κ3) is 5.74. The highest BCUT2D eigenvalue weighted by Crippen LogP contribution is 2.31. The molecule has 1 saturated heterocycles. The predicted molar refractivity (Wildman–Crippen MR) is 119 cm³/mol. The van der Waals surface area contributed by atoms with E-state index >= 15 is 0 Å². The number of rotatable bonds is 8. The van der Waals surface area contributed by atoms with Crippen molar-refractivity contribution >= 4 is 51.9 Å². The molecule has 0 radical (unpaired) electrons. The molecular formula is C21H20ClNO3S2. The third-order valence-electron chi connectivity index (χ3n) is 4.05. The van der Waals surface area contributed by atoms with Crippen molar-refractivity contribution in [2.75, 3.05) is 13.2 Å².